The number of allylic oxidation sites excluding steroid dienone is 1. The molecule has 37 heavy (non-hydrogen) atoms. The number of aliphatic hydroxyl groups is 1. The number of ketones is 2. The van der Waals surface area contributed by atoms with Crippen LogP contribution in [0.15, 0.2) is 11.6 Å². The van der Waals surface area contributed by atoms with Gasteiger partial charge in [-0.05, 0) is 81.1 Å². The van der Waals surface area contributed by atoms with Gasteiger partial charge in [0.1, 0.15) is 0 Å². The fraction of sp³-hybridized carbons (Fsp3) is 0.793. The SMILES string of the molecule is CCCCC(=O)OCC(=O)[C@@]1(OC(=O)OCC)CC[C@H]2[C@@H]3CCC4=CC(=O)CC[C@]4(C)[C@H]3[C@@H](O)C[C@@]21C. The summed E-state index contributed by atoms with van der Waals surface area (Å²) in [4.78, 5) is 50.7. The molecule has 7 atom stereocenters. The monoisotopic (exact) mass is 518 g/mol. The molecule has 1 N–H and O–H groups in total. The number of unbranched alkanes of at least 4 members (excludes halogenated alkanes) is 1. The van der Waals surface area contributed by atoms with E-state index < -0.39 is 41.6 Å². The van der Waals surface area contributed by atoms with Crippen molar-refractivity contribution in [2.45, 2.75) is 104 Å². The van der Waals surface area contributed by atoms with Gasteiger partial charge in [-0.25, -0.2) is 4.79 Å². The molecule has 0 aromatic rings. The second-order valence-corrected chi connectivity index (χ2v) is 11.9. The maximum absolute atomic E-state index is 13.8. The molecular weight excluding hydrogens is 476 g/mol. The summed E-state index contributed by atoms with van der Waals surface area (Å²) >= 11 is 0. The second kappa shape index (κ2) is 10.5. The number of Topliss-reactive ketones (excluding diaryl/α,β-unsaturated/α-hetero) is 1. The zero-order valence-electron chi connectivity index (χ0n) is 22.7. The van der Waals surface area contributed by atoms with Crippen molar-refractivity contribution in [3.8, 4) is 0 Å². The van der Waals surface area contributed by atoms with Crippen molar-refractivity contribution in [3.63, 3.8) is 0 Å². The molecule has 4 aliphatic carbocycles. The molecular formula is C29H42O8. The molecule has 0 saturated heterocycles. The lowest BCUT2D eigenvalue weighted by molar-refractivity contribution is -0.188. The predicted molar refractivity (Wildman–Crippen MR) is 134 cm³/mol. The summed E-state index contributed by atoms with van der Waals surface area (Å²) in [6, 6.07) is 0. The normalized spacial score (nSPS) is 38.5. The summed E-state index contributed by atoms with van der Waals surface area (Å²) in [5, 5.41) is 11.7. The van der Waals surface area contributed by atoms with Gasteiger partial charge in [0.2, 0.25) is 5.78 Å². The van der Waals surface area contributed by atoms with E-state index in [1.54, 1.807) is 13.0 Å². The fourth-order valence-corrected chi connectivity index (χ4v) is 8.30. The van der Waals surface area contributed by atoms with Gasteiger partial charge in [0.25, 0.3) is 0 Å². The van der Waals surface area contributed by atoms with Crippen molar-refractivity contribution in [3.05, 3.63) is 11.6 Å². The average Bonchev–Trinajstić information content (AvgIpc) is 3.13. The van der Waals surface area contributed by atoms with E-state index in [4.69, 9.17) is 14.2 Å². The standard InChI is InChI=1S/C29H42O8/c1-5-7-8-24(33)36-17-23(32)29(37-26(34)35-6-2)14-12-21-20-10-9-18-15-19(30)11-13-27(18,3)25(20)22(31)16-28(21,29)4/h15,20-22,25,31H,5-14,16-17H2,1-4H3/t20-,21-,22-,25+,27-,28-,29-/m0/s1. The van der Waals surface area contributed by atoms with Gasteiger partial charge in [-0.3, -0.25) is 14.4 Å². The van der Waals surface area contributed by atoms with Gasteiger partial charge in [0, 0.05) is 18.3 Å². The number of carbonyl (C=O) groups is 4. The Bertz CT molecular complexity index is 971. The van der Waals surface area contributed by atoms with Crippen LogP contribution in [0.2, 0.25) is 0 Å². The average molecular weight is 519 g/mol. The molecule has 0 aromatic carbocycles. The highest BCUT2D eigenvalue weighted by Gasteiger charge is 2.70. The first kappa shape index (κ1) is 27.8. The van der Waals surface area contributed by atoms with E-state index in [1.165, 1.54) is 0 Å². The third kappa shape index (κ3) is 4.64. The third-order valence-corrected chi connectivity index (χ3v) is 10.1. The number of hydrogen-bond acceptors (Lipinski definition) is 8. The van der Waals surface area contributed by atoms with Gasteiger partial charge >= 0.3 is 12.1 Å². The summed E-state index contributed by atoms with van der Waals surface area (Å²) in [6.45, 7) is 7.39. The van der Waals surface area contributed by atoms with Gasteiger partial charge in [0.15, 0.2) is 18.0 Å². The molecule has 0 radical (unpaired) electrons. The minimum Gasteiger partial charge on any atom is -0.457 e. The summed E-state index contributed by atoms with van der Waals surface area (Å²) < 4.78 is 16.3. The van der Waals surface area contributed by atoms with E-state index in [2.05, 4.69) is 6.92 Å². The van der Waals surface area contributed by atoms with E-state index in [0.717, 1.165) is 31.3 Å². The van der Waals surface area contributed by atoms with Crippen molar-refractivity contribution < 1.29 is 38.5 Å². The maximum atomic E-state index is 13.8. The second-order valence-electron chi connectivity index (χ2n) is 11.9. The third-order valence-electron chi connectivity index (χ3n) is 10.1. The Hall–Kier alpha value is -2.22. The maximum Gasteiger partial charge on any atom is 0.509 e. The Balaban J connectivity index is 1.65. The van der Waals surface area contributed by atoms with E-state index in [9.17, 15) is 24.3 Å². The van der Waals surface area contributed by atoms with Gasteiger partial charge in [-0.15, -0.1) is 0 Å². The molecule has 206 valence electrons. The Morgan fingerprint density at radius 2 is 1.84 bits per heavy atom. The van der Waals surface area contributed by atoms with Crippen LogP contribution in [0.1, 0.15) is 91.9 Å². The Morgan fingerprint density at radius 1 is 1.08 bits per heavy atom. The zero-order valence-corrected chi connectivity index (χ0v) is 22.7. The van der Waals surface area contributed by atoms with Crippen LogP contribution in [0.5, 0.6) is 0 Å². The lowest BCUT2D eigenvalue weighted by Crippen LogP contribution is -2.63. The number of hydrogen-bond donors (Lipinski definition) is 1. The van der Waals surface area contributed by atoms with Crippen molar-refractivity contribution in [2.75, 3.05) is 13.2 Å². The van der Waals surface area contributed by atoms with Crippen molar-refractivity contribution in [1.29, 1.82) is 0 Å². The highest BCUT2D eigenvalue weighted by Crippen LogP contribution is 2.68. The van der Waals surface area contributed by atoms with Crippen LogP contribution in [0.4, 0.5) is 4.79 Å². The predicted octanol–water partition coefficient (Wildman–Crippen LogP) is 4.70. The largest absolute Gasteiger partial charge is 0.509 e. The van der Waals surface area contributed by atoms with Gasteiger partial charge in [-0.1, -0.05) is 32.8 Å². The Morgan fingerprint density at radius 3 is 2.54 bits per heavy atom. The first-order chi connectivity index (χ1) is 17.5. The molecule has 0 aliphatic heterocycles. The van der Waals surface area contributed by atoms with Crippen LogP contribution in [-0.2, 0) is 28.6 Å². The molecule has 0 heterocycles. The number of ether oxygens (including phenoxy) is 3. The molecule has 3 saturated carbocycles. The number of aliphatic hydroxyl groups excluding tert-OH is 1. The van der Waals surface area contributed by atoms with Gasteiger partial charge in [0.05, 0.1) is 12.7 Å². The molecule has 0 unspecified atom stereocenters. The molecule has 8 heteroatoms. The van der Waals surface area contributed by atoms with E-state index >= 15 is 0 Å². The van der Waals surface area contributed by atoms with Crippen LogP contribution in [0, 0.1) is 28.6 Å². The fourth-order valence-electron chi connectivity index (χ4n) is 8.30. The van der Waals surface area contributed by atoms with Crippen LogP contribution in [0.25, 0.3) is 0 Å². The quantitative estimate of drug-likeness (QED) is 0.460. The molecule has 0 aromatic heterocycles. The Labute approximate surface area is 219 Å². The van der Waals surface area contributed by atoms with Crippen molar-refractivity contribution >= 4 is 23.7 Å². The molecule has 0 bridgehead atoms. The van der Waals surface area contributed by atoms with Crippen LogP contribution in [0.3, 0.4) is 0 Å². The van der Waals surface area contributed by atoms with Crippen LogP contribution in [-0.4, -0.2) is 53.7 Å². The first-order valence-electron chi connectivity index (χ1n) is 14.0. The highest BCUT2D eigenvalue weighted by molar-refractivity contribution is 5.93. The summed E-state index contributed by atoms with van der Waals surface area (Å²) in [5.74, 6) is -0.618. The topological polar surface area (TPSA) is 116 Å². The van der Waals surface area contributed by atoms with Crippen molar-refractivity contribution in [2.24, 2.45) is 28.6 Å². The van der Waals surface area contributed by atoms with E-state index in [-0.39, 0.29) is 48.4 Å². The minimum absolute atomic E-state index is 0.0287. The zero-order chi connectivity index (χ0) is 27.0. The smallest absolute Gasteiger partial charge is 0.457 e. The molecule has 4 rings (SSSR count). The summed E-state index contributed by atoms with van der Waals surface area (Å²) in [6.07, 6.45) is 5.93. The molecule has 8 nitrogen and oxygen atoms in total. The van der Waals surface area contributed by atoms with Crippen LogP contribution >= 0.6 is 0 Å². The molecule has 3 fully saturated rings. The molecule has 4 aliphatic rings. The first-order valence-corrected chi connectivity index (χ1v) is 14.0. The van der Waals surface area contributed by atoms with E-state index in [1.807, 2.05) is 13.8 Å². The molecule has 0 spiro atoms. The number of fused-ring (bicyclic) bond motifs is 5. The van der Waals surface area contributed by atoms with E-state index in [0.29, 0.717) is 25.7 Å². The number of carbonyl (C=O) groups excluding carboxylic acids is 4. The summed E-state index contributed by atoms with van der Waals surface area (Å²) in [5.41, 5.74) is -1.51. The van der Waals surface area contributed by atoms with Crippen LogP contribution < -0.4 is 0 Å². The Kier molecular flexibility index (Phi) is 7.89. The lowest BCUT2D eigenvalue weighted by atomic mass is 9.45. The summed E-state index contributed by atoms with van der Waals surface area (Å²) in [7, 11) is 0. The lowest BCUT2D eigenvalue weighted by Gasteiger charge is -2.60. The number of esters is 1. The van der Waals surface area contributed by atoms with Crippen molar-refractivity contribution in [1.82, 2.24) is 0 Å². The highest BCUT2D eigenvalue weighted by atomic mass is 16.7. The van der Waals surface area contributed by atoms with Gasteiger partial charge < -0.3 is 19.3 Å². The number of rotatable bonds is 8. The van der Waals surface area contributed by atoms with Gasteiger partial charge in [-0.2, -0.15) is 0 Å². The minimum atomic E-state index is -1.54. The molecule has 0 amide bonds.